The van der Waals surface area contributed by atoms with Crippen molar-refractivity contribution in [1.29, 1.82) is 0 Å². The van der Waals surface area contributed by atoms with Crippen LogP contribution in [0.5, 0.6) is 0 Å². The third-order valence-corrected chi connectivity index (χ3v) is 2.99. The molecule has 0 bridgehead atoms. The molecule has 0 radical (unpaired) electrons. The van der Waals surface area contributed by atoms with Crippen LogP contribution in [0.4, 0.5) is 0 Å². The lowest BCUT2D eigenvalue weighted by Crippen LogP contribution is -2.27. The van der Waals surface area contributed by atoms with Crippen molar-refractivity contribution in [2.75, 3.05) is 6.54 Å². The fraction of sp³-hybridized carbons (Fsp3) is 0.545. The molecule has 0 unspecified atom stereocenters. The van der Waals surface area contributed by atoms with Gasteiger partial charge in [-0.1, -0.05) is 24.1 Å². The van der Waals surface area contributed by atoms with Gasteiger partial charge < -0.3 is 5.32 Å². The summed E-state index contributed by atoms with van der Waals surface area (Å²) in [6.07, 6.45) is 3.81. The average molecular weight is 211 g/mol. The molecule has 1 aliphatic rings. The van der Waals surface area contributed by atoms with E-state index < -0.39 is 0 Å². The summed E-state index contributed by atoms with van der Waals surface area (Å²) in [4.78, 5) is 4.27. The van der Waals surface area contributed by atoms with E-state index in [9.17, 15) is 0 Å². The number of hydrogen-bond acceptors (Lipinski definition) is 2. The van der Waals surface area contributed by atoms with Gasteiger partial charge in [0, 0.05) is 11.7 Å². The molecule has 76 valence electrons. The molecule has 0 aliphatic carbocycles. The molecule has 1 aliphatic heterocycles. The van der Waals surface area contributed by atoms with E-state index in [4.69, 9.17) is 11.6 Å². The molecule has 0 amide bonds. The minimum atomic E-state index is 0.480. The first-order chi connectivity index (χ1) is 6.77. The van der Waals surface area contributed by atoms with Crippen LogP contribution in [0, 0.1) is 6.92 Å². The molecule has 2 rings (SSSR count). The highest BCUT2D eigenvalue weighted by Gasteiger charge is 2.16. The molecule has 0 spiro atoms. The zero-order chi connectivity index (χ0) is 9.97. The van der Waals surface area contributed by atoms with Crippen molar-refractivity contribution < 1.29 is 0 Å². The second-order valence-corrected chi connectivity index (χ2v) is 4.20. The maximum Gasteiger partial charge on any atom is 0.129 e. The number of halogens is 1. The molecule has 1 aromatic heterocycles. The normalized spacial score (nSPS) is 22.3. The summed E-state index contributed by atoms with van der Waals surface area (Å²) in [5.74, 6) is 0. The molecule has 2 heterocycles. The van der Waals surface area contributed by atoms with Crippen LogP contribution in [0.3, 0.4) is 0 Å². The summed E-state index contributed by atoms with van der Waals surface area (Å²) in [6.45, 7) is 3.14. The van der Waals surface area contributed by atoms with Gasteiger partial charge in [0.05, 0.1) is 0 Å². The number of aryl methyl sites for hydroxylation is 1. The summed E-state index contributed by atoms with van der Waals surface area (Å²) in [6, 6.07) is 4.45. The molecule has 3 heteroatoms. The molecule has 1 aromatic rings. The second kappa shape index (κ2) is 4.28. The largest absolute Gasteiger partial charge is 0.310 e. The minimum Gasteiger partial charge on any atom is -0.310 e. The monoisotopic (exact) mass is 210 g/mol. The van der Waals surface area contributed by atoms with Crippen molar-refractivity contribution in [2.45, 2.75) is 32.2 Å². The zero-order valence-corrected chi connectivity index (χ0v) is 9.14. The van der Waals surface area contributed by atoms with E-state index in [1.165, 1.54) is 24.8 Å². The van der Waals surface area contributed by atoms with Crippen LogP contribution < -0.4 is 5.32 Å². The van der Waals surface area contributed by atoms with Gasteiger partial charge in [0.1, 0.15) is 5.15 Å². The Bertz CT molecular complexity index is 319. The van der Waals surface area contributed by atoms with Crippen LogP contribution in [0.25, 0.3) is 0 Å². The fourth-order valence-corrected chi connectivity index (χ4v) is 2.22. The van der Waals surface area contributed by atoms with E-state index in [1.807, 2.05) is 13.0 Å². The van der Waals surface area contributed by atoms with Crippen LogP contribution in [0.2, 0.25) is 5.15 Å². The Morgan fingerprint density at radius 1 is 1.43 bits per heavy atom. The molecule has 1 atom stereocenters. The predicted octanol–water partition coefficient (Wildman–Crippen LogP) is 2.86. The van der Waals surface area contributed by atoms with Gasteiger partial charge in [-0.2, -0.15) is 0 Å². The maximum absolute atomic E-state index is 5.82. The van der Waals surface area contributed by atoms with Gasteiger partial charge >= 0.3 is 0 Å². The number of nitrogens with zero attached hydrogens (tertiary/aromatic N) is 1. The number of nitrogens with one attached hydrogen (secondary N) is 1. The summed E-state index contributed by atoms with van der Waals surface area (Å²) in [7, 11) is 0. The van der Waals surface area contributed by atoms with Gasteiger partial charge in [-0.3, -0.25) is 0 Å². The fourth-order valence-electron chi connectivity index (χ4n) is 2.03. The quantitative estimate of drug-likeness (QED) is 0.722. The smallest absolute Gasteiger partial charge is 0.129 e. The maximum atomic E-state index is 5.82. The van der Waals surface area contributed by atoms with Crippen LogP contribution in [0.15, 0.2) is 12.1 Å². The van der Waals surface area contributed by atoms with Crippen molar-refractivity contribution >= 4 is 11.6 Å². The van der Waals surface area contributed by atoms with Crippen molar-refractivity contribution in [3.8, 4) is 0 Å². The van der Waals surface area contributed by atoms with E-state index >= 15 is 0 Å². The van der Waals surface area contributed by atoms with Crippen LogP contribution >= 0.6 is 11.6 Å². The molecule has 1 saturated heterocycles. The van der Waals surface area contributed by atoms with Crippen LogP contribution in [0.1, 0.15) is 36.6 Å². The number of hydrogen-bond donors (Lipinski definition) is 1. The summed E-state index contributed by atoms with van der Waals surface area (Å²) in [5.41, 5.74) is 2.35. The highest BCUT2D eigenvalue weighted by Crippen LogP contribution is 2.25. The second-order valence-electron chi connectivity index (χ2n) is 3.81. The topological polar surface area (TPSA) is 24.9 Å². The first-order valence-electron chi connectivity index (χ1n) is 5.14. The first kappa shape index (κ1) is 9.94. The van der Waals surface area contributed by atoms with Gasteiger partial charge in [-0.05, 0) is 37.9 Å². The van der Waals surface area contributed by atoms with E-state index in [2.05, 4.69) is 16.4 Å². The lowest BCUT2D eigenvalue weighted by atomic mass is 9.97. The Labute approximate surface area is 89.7 Å². The van der Waals surface area contributed by atoms with Gasteiger partial charge in [0.2, 0.25) is 0 Å². The van der Waals surface area contributed by atoms with Crippen molar-refractivity contribution in [3.63, 3.8) is 0 Å². The number of piperidine rings is 1. The third-order valence-electron chi connectivity index (χ3n) is 2.78. The van der Waals surface area contributed by atoms with Crippen molar-refractivity contribution in [1.82, 2.24) is 10.3 Å². The van der Waals surface area contributed by atoms with Gasteiger partial charge in [-0.15, -0.1) is 0 Å². The van der Waals surface area contributed by atoms with Crippen LogP contribution in [-0.4, -0.2) is 11.5 Å². The molecular weight excluding hydrogens is 196 g/mol. The average Bonchev–Trinajstić information content (AvgIpc) is 2.19. The van der Waals surface area contributed by atoms with Crippen molar-refractivity contribution in [2.24, 2.45) is 0 Å². The SMILES string of the molecule is Cc1nc(Cl)ccc1[C@@H]1CCCCN1. The number of rotatable bonds is 1. The highest BCUT2D eigenvalue weighted by molar-refractivity contribution is 6.29. The summed E-state index contributed by atoms with van der Waals surface area (Å²) in [5, 5.41) is 4.10. The molecule has 0 saturated carbocycles. The van der Waals surface area contributed by atoms with E-state index in [-0.39, 0.29) is 0 Å². The Kier molecular flexibility index (Phi) is 3.04. The summed E-state index contributed by atoms with van der Waals surface area (Å²) >= 11 is 5.82. The Hall–Kier alpha value is -0.600. The standard InChI is InChI=1S/C11H15ClN2/c1-8-9(5-6-11(12)14-8)10-4-2-3-7-13-10/h5-6,10,13H,2-4,7H2,1H3/t10-/m0/s1. The molecule has 0 aromatic carbocycles. The Morgan fingerprint density at radius 2 is 2.29 bits per heavy atom. The van der Waals surface area contributed by atoms with Gasteiger partial charge in [0.25, 0.3) is 0 Å². The lowest BCUT2D eigenvalue weighted by molar-refractivity contribution is 0.410. The van der Waals surface area contributed by atoms with Gasteiger partial charge in [-0.25, -0.2) is 4.98 Å². The highest BCUT2D eigenvalue weighted by atomic mass is 35.5. The Balaban J connectivity index is 2.22. The van der Waals surface area contributed by atoms with E-state index in [0.29, 0.717) is 11.2 Å². The first-order valence-corrected chi connectivity index (χ1v) is 5.51. The third kappa shape index (κ3) is 2.07. The van der Waals surface area contributed by atoms with Crippen LogP contribution in [-0.2, 0) is 0 Å². The molecular formula is C11H15ClN2. The molecule has 1 N–H and O–H groups in total. The predicted molar refractivity (Wildman–Crippen MR) is 58.6 cm³/mol. The Morgan fingerprint density at radius 3 is 2.93 bits per heavy atom. The zero-order valence-electron chi connectivity index (χ0n) is 8.39. The lowest BCUT2D eigenvalue weighted by Gasteiger charge is -2.24. The van der Waals surface area contributed by atoms with Gasteiger partial charge in [0.15, 0.2) is 0 Å². The number of aromatic nitrogens is 1. The molecule has 14 heavy (non-hydrogen) atoms. The van der Waals surface area contributed by atoms with E-state index in [1.54, 1.807) is 0 Å². The molecule has 2 nitrogen and oxygen atoms in total. The van der Waals surface area contributed by atoms with Crippen molar-refractivity contribution in [3.05, 3.63) is 28.5 Å². The van der Waals surface area contributed by atoms with E-state index in [0.717, 1.165) is 12.2 Å². The molecule has 1 fully saturated rings. The summed E-state index contributed by atoms with van der Waals surface area (Å²) < 4.78 is 0. The number of pyridine rings is 1. The minimum absolute atomic E-state index is 0.480.